The van der Waals surface area contributed by atoms with Gasteiger partial charge in [-0.3, -0.25) is 0 Å². The summed E-state index contributed by atoms with van der Waals surface area (Å²) < 4.78 is 23.9. The highest BCUT2D eigenvalue weighted by molar-refractivity contribution is 6.99. The number of anilines is 1. The molecule has 6 rings (SSSR count). The second-order valence-electron chi connectivity index (χ2n) is 15.4. The van der Waals surface area contributed by atoms with Crippen LogP contribution in [0, 0.1) is 12.7 Å². The molecule has 1 amide bonds. The fraction of sp³-hybridized carbons (Fsp3) is 0.366. The van der Waals surface area contributed by atoms with Crippen molar-refractivity contribution in [2.75, 3.05) is 18.0 Å². The predicted molar refractivity (Wildman–Crippen MR) is 212 cm³/mol. The highest BCUT2D eigenvalue weighted by Gasteiger charge is 2.50. The quantitative estimate of drug-likeness (QED) is 0.128. The highest BCUT2D eigenvalue weighted by atomic mass is 35.5. The molecule has 0 saturated carbocycles. The lowest BCUT2D eigenvalue weighted by Crippen LogP contribution is -2.66. The number of pyridine rings is 1. The van der Waals surface area contributed by atoms with Crippen molar-refractivity contribution in [2.24, 2.45) is 0 Å². The molecule has 0 radical (unpaired) electrons. The number of carbonyl (C=O) groups is 1. The van der Waals surface area contributed by atoms with Crippen molar-refractivity contribution in [3.05, 3.63) is 117 Å². The molecule has 0 spiro atoms. The summed E-state index contributed by atoms with van der Waals surface area (Å²) >= 11 is 6.31. The van der Waals surface area contributed by atoms with E-state index in [1.807, 2.05) is 36.9 Å². The summed E-state index contributed by atoms with van der Waals surface area (Å²) in [6.45, 7) is 17.3. The number of piperazine rings is 1. The van der Waals surface area contributed by atoms with E-state index in [2.05, 4.69) is 99.2 Å². The van der Waals surface area contributed by atoms with E-state index < -0.39 is 25.9 Å². The van der Waals surface area contributed by atoms with Crippen molar-refractivity contribution in [3.8, 4) is 5.69 Å². The zero-order valence-electron chi connectivity index (χ0n) is 31.5. The second kappa shape index (κ2) is 14.7. The lowest BCUT2D eigenvalue weighted by Gasteiger charge is -2.43. The molecule has 9 nitrogen and oxygen atoms in total. The Morgan fingerprint density at radius 3 is 2.13 bits per heavy atom. The number of hydrogen-bond donors (Lipinski definition) is 1. The van der Waals surface area contributed by atoms with Gasteiger partial charge >= 0.3 is 11.8 Å². The molecule has 2 atom stereocenters. The van der Waals surface area contributed by atoms with Gasteiger partial charge < -0.3 is 19.3 Å². The summed E-state index contributed by atoms with van der Waals surface area (Å²) in [5.41, 5.74) is 2.83. The number of aromatic nitrogens is 3. The Morgan fingerprint density at radius 1 is 0.981 bits per heavy atom. The maximum absolute atomic E-state index is 15.2. The minimum atomic E-state index is -2.84. The first-order valence-electron chi connectivity index (χ1n) is 18.0. The van der Waals surface area contributed by atoms with Crippen LogP contribution in [0.25, 0.3) is 16.7 Å². The molecule has 1 saturated heterocycles. The molecule has 0 aliphatic carbocycles. The molecule has 53 heavy (non-hydrogen) atoms. The van der Waals surface area contributed by atoms with Gasteiger partial charge in [-0.2, -0.15) is 4.98 Å². The third-order valence-electron chi connectivity index (χ3n) is 10.4. The van der Waals surface area contributed by atoms with Gasteiger partial charge in [-0.05, 0) is 64.9 Å². The summed E-state index contributed by atoms with van der Waals surface area (Å²) in [5.74, 6) is -0.527. The zero-order valence-corrected chi connectivity index (χ0v) is 33.3. The zero-order chi connectivity index (χ0) is 38.4. The molecule has 5 aromatic rings. The molecule has 1 fully saturated rings. The first-order chi connectivity index (χ1) is 25.0. The van der Waals surface area contributed by atoms with E-state index in [1.165, 1.54) is 25.9 Å². The lowest BCUT2D eigenvalue weighted by atomic mass is 9.95. The summed E-state index contributed by atoms with van der Waals surface area (Å²) in [4.78, 5) is 38.4. The normalized spacial score (nSPS) is 16.8. The van der Waals surface area contributed by atoms with Crippen molar-refractivity contribution >= 4 is 53.2 Å². The van der Waals surface area contributed by atoms with Crippen LogP contribution in [-0.2, 0) is 11.0 Å². The standard InChI is InChI=1S/C41H47ClFN5O4Si/c1-25(2)32-20-29(24-52-53(41(6,7)8,30-15-11-9-12-16-30)31-17-13-10-14-18-31)19-26(3)35(32)48-38-33(21-34(43)36(42)44-38)37(45-39(48)49)46-22-28(5)47(40(50)51)23-27(46)4/h9-21,25,27-28H,22-24H2,1-8H3,(H,50,51)/t27-,28+/m0/s1. The van der Waals surface area contributed by atoms with Crippen molar-refractivity contribution in [3.63, 3.8) is 0 Å². The summed E-state index contributed by atoms with van der Waals surface area (Å²) in [6, 6.07) is 25.6. The number of benzene rings is 3. The van der Waals surface area contributed by atoms with Gasteiger partial charge in [0, 0.05) is 25.2 Å². The van der Waals surface area contributed by atoms with Crippen molar-refractivity contribution in [1.82, 2.24) is 19.4 Å². The van der Waals surface area contributed by atoms with Crippen LogP contribution in [0.4, 0.5) is 15.0 Å². The van der Waals surface area contributed by atoms with E-state index in [9.17, 15) is 14.7 Å². The van der Waals surface area contributed by atoms with E-state index in [0.29, 0.717) is 17.7 Å². The monoisotopic (exact) mass is 755 g/mol. The van der Waals surface area contributed by atoms with E-state index in [4.69, 9.17) is 16.0 Å². The van der Waals surface area contributed by atoms with Gasteiger partial charge in [-0.15, -0.1) is 0 Å². The Morgan fingerprint density at radius 2 is 1.58 bits per heavy atom. The molecule has 3 heterocycles. The molecule has 0 unspecified atom stereocenters. The molecule has 1 N–H and O–H groups in total. The fourth-order valence-corrected chi connectivity index (χ4v) is 12.5. The van der Waals surface area contributed by atoms with Crippen LogP contribution in [0.3, 0.4) is 0 Å². The molecule has 278 valence electrons. The van der Waals surface area contributed by atoms with Crippen LogP contribution < -0.4 is 21.0 Å². The number of amides is 1. The largest absolute Gasteiger partial charge is 0.465 e. The van der Waals surface area contributed by atoms with Crippen LogP contribution in [0.5, 0.6) is 0 Å². The maximum Gasteiger partial charge on any atom is 0.407 e. The van der Waals surface area contributed by atoms with E-state index in [1.54, 1.807) is 6.92 Å². The number of aryl methyl sites for hydroxylation is 1. The smallest absolute Gasteiger partial charge is 0.407 e. The maximum atomic E-state index is 15.2. The highest BCUT2D eigenvalue weighted by Crippen LogP contribution is 2.38. The average molecular weight is 756 g/mol. The fourth-order valence-electron chi connectivity index (χ4n) is 7.86. The number of fused-ring (bicyclic) bond motifs is 1. The summed E-state index contributed by atoms with van der Waals surface area (Å²) in [6.07, 6.45) is -1.02. The van der Waals surface area contributed by atoms with Crippen molar-refractivity contribution in [2.45, 2.75) is 85.0 Å². The van der Waals surface area contributed by atoms with Crippen LogP contribution in [0.15, 0.2) is 83.7 Å². The van der Waals surface area contributed by atoms with Gasteiger partial charge in [-0.1, -0.05) is 119 Å². The van der Waals surface area contributed by atoms with Gasteiger partial charge in [0.1, 0.15) is 5.82 Å². The van der Waals surface area contributed by atoms with Crippen LogP contribution in [0.1, 0.15) is 71.1 Å². The number of rotatable bonds is 8. The topological polar surface area (TPSA) is 101 Å². The van der Waals surface area contributed by atoms with Gasteiger partial charge in [-0.25, -0.2) is 23.5 Å². The van der Waals surface area contributed by atoms with Gasteiger partial charge in [0.25, 0.3) is 8.32 Å². The van der Waals surface area contributed by atoms with Crippen LogP contribution >= 0.6 is 11.6 Å². The summed E-state index contributed by atoms with van der Waals surface area (Å²) in [5, 5.41) is 11.8. The Labute approximate surface area is 316 Å². The van der Waals surface area contributed by atoms with Gasteiger partial charge in [0.05, 0.1) is 17.7 Å². The SMILES string of the molecule is Cc1cc(CO[Si](c2ccccc2)(c2ccccc2)C(C)(C)C)cc(C(C)C)c1-n1c(=O)nc(N2C[C@@H](C)N(C(=O)O)C[C@@H]2C)c2cc(F)c(Cl)nc21. The molecule has 2 aromatic heterocycles. The average Bonchev–Trinajstić information content (AvgIpc) is 3.10. The van der Waals surface area contributed by atoms with Crippen LogP contribution in [-0.4, -0.2) is 64.1 Å². The Balaban J connectivity index is 1.49. The Bertz CT molecular complexity index is 2170. The van der Waals surface area contributed by atoms with E-state index in [-0.39, 0.29) is 52.7 Å². The van der Waals surface area contributed by atoms with Gasteiger partial charge in [0.15, 0.2) is 16.6 Å². The molecule has 1 aliphatic heterocycles. The molecule has 3 aromatic carbocycles. The number of halogens is 2. The molecular formula is C41H47ClFN5O4Si. The van der Waals surface area contributed by atoms with Crippen molar-refractivity contribution < 1.29 is 18.7 Å². The molecule has 0 bridgehead atoms. The summed E-state index contributed by atoms with van der Waals surface area (Å²) in [7, 11) is -2.84. The minimum absolute atomic E-state index is 0.0287. The van der Waals surface area contributed by atoms with Gasteiger partial charge in [0.2, 0.25) is 0 Å². The number of nitrogens with zero attached hydrogens (tertiary/aromatic N) is 5. The van der Waals surface area contributed by atoms with Crippen LogP contribution in [0.2, 0.25) is 10.2 Å². The Hall–Kier alpha value is -4.58. The third kappa shape index (κ3) is 6.97. The minimum Gasteiger partial charge on any atom is -0.465 e. The molecule has 12 heteroatoms. The first-order valence-corrected chi connectivity index (χ1v) is 20.3. The van der Waals surface area contributed by atoms with Crippen molar-refractivity contribution in [1.29, 1.82) is 0 Å². The second-order valence-corrected chi connectivity index (χ2v) is 20.1. The predicted octanol–water partition coefficient (Wildman–Crippen LogP) is 7.66. The molecular weight excluding hydrogens is 709 g/mol. The van der Waals surface area contributed by atoms with E-state index >= 15 is 4.39 Å². The first kappa shape index (κ1) is 38.2. The number of hydrogen-bond acceptors (Lipinski definition) is 6. The van der Waals surface area contributed by atoms with E-state index in [0.717, 1.165) is 16.7 Å². The Kier molecular flexibility index (Phi) is 10.6. The lowest BCUT2D eigenvalue weighted by molar-refractivity contribution is 0.114. The number of carboxylic acid groups (broad SMARTS) is 1. The third-order valence-corrected chi connectivity index (χ3v) is 15.6. The molecule has 1 aliphatic rings.